The molecule has 0 saturated carbocycles. The minimum Gasteiger partial charge on any atom is -0.471 e. The van der Waals surface area contributed by atoms with Crippen LogP contribution in [0.2, 0.25) is 0 Å². The van der Waals surface area contributed by atoms with E-state index < -0.39 is 0 Å². The maximum atomic E-state index is 4.90. The first kappa shape index (κ1) is 20.3. The minimum absolute atomic E-state index is 0. The fourth-order valence-electron chi connectivity index (χ4n) is 3.15. The van der Waals surface area contributed by atoms with Gasteiger partial charge < -0.3 is 9.47 Å². The number of aromatic nitrogens is 3. The average Bonchev–Trinajstić information content (AvgIpc) is 3.50. The molecule has 0 radical (unpaired) electrons. The molecule has 0 spiro atoms. The largest absolute Gasteiger partial charge is 2.00 e. The Morgan fingerprint density at radius 1 is 0.900 bits per heavy atom. The summed E-state index contributed by atoms with van der Waals surface area (Å²) >= 11 is 1.58. The quantitative estimate of drug-likeness (QED) is 0.235. The van der Waals surface area contributed by atoms with Gasteiger partial charge in [-0.25, -0.2) is 9.97 Å². The van der Waals surface area contributed by atoms with E-state index in [1.165, 1.54) is 0 Å². The molecule has 30 heavy (non-hydrogen) atoms. The van der Waals surface area contributed by atoms with E-state index in [-0.39, 0.29) is 21.1 Å². The normalized spacial score (nSPS) is 10.4. The number of anilines is 3. The van der Waals surface area contributed by atoms with Gasteiger partial charge in [0.15, 0.2) is 0 Å². The standard InChI is InChI=1S/C24H16N4S.Pt/c1-2-8-19(9-3-1)28(21-11-6-10-20(18-21)27-15-4-5-16-27)23-13-7-12-22(26-23)24-25-14-17-29-24;/h1-15,17H;/q-2;+2. The van der Waals surface area contributed by atoms with E-state index in [4.69, 9.17) is 4.98 Å². The SMILES string of the molecule is [Pt+2].[c-]1c(N(c2ccccc2)c2cccc(-c3nccs3)n2)cccc1-n1[c-]ccc1. The van der Waals surface area contributed by atoms with E-state index in [0.717, 1.165) is 33.6 Å². The molecular weight excluding hydrogens is 571 g/mol. The number of thiazole rings is 1. The second-order valence-corrected chi connectivity index (χ2v) is 7.21. The molecule has 0 aliphatic carbocycles. The smallest absolute Gasteiger partial charge is 0.471 e. The van der Waals surface area contributed by atoms with Gasteiger partial charge in [0.05, 0.1) is 0 Å². The van der Waals surface area contributed by atoms with Gasteiger partial charge in [-0.15, -0.1) is 29.7 Å². The Kier molecular flexibility index (Phi) is 6.22. The number of rotatable bonds is 5. The van der Waals surface area contributed by atoms with Crippen molar-refractivity contribution < 1.29 is 21.1 Å². The fraction of sp³-hybridized carbons (Fsp3) is 0. The van der Waals surface area contributed by atoms with Crippen LogP contribution in [0.5, 0.6) is 0 Å². The summed E-state index contributed by atoms with van der Waals surface area (Å²) in [5.41, 5.74) is 3.69. The Morgan fingerprint density at radius 3 is 2.53 bits per heavy atom. The van der Waals surface area contributed by atoms with E-state index in [9.17, 15) is 0 Å². The van der Waals surface area contributed by atoms with Crippen LogP contribution < -0.4 is 4.90 Å². The number of nitrogens with zero attached hydrogens (tertiary/aromatic N) is 4. The van der Waals surface area contributed by atoms with Gasteiger partial charge in [0.1, 0.15) is 16.5 Å². The van der Waals surface area contributed by atoms with Gasteiger partial charge in [-0.1, -0.05) is 36.1 Å². The first-order chi connectivity index (χ1) is 14.4. The van der Waals surface area contributed by atoms with Crippen molar-refractivity contribution in [3.63, 3.8) is 0 Å². The maximum Gasteiger partial charge on any atom is 2.00 e. The third kappa shape index (κ3) is 4.13. The Labute approximate surface area is 193 Å². The van der Waals surface area contributed by atoms with Crippen LogP contribution in [0.3, 0.4) is 0 Å². The second kappa shape index (κ2) is 9.20. The molecule has 148 valence electrons. The molecule has 2 aromatic carbocycles. The number of hydrogen-bond acceptors (Lipinski definition) is 4. The Morgan fingerprint density at radius 2 is 1.77 bits per heavy atom. The van der Waals surface area contributed by atoms with Gasteiger partial charge in [0.2, 0.25) is 0 Å². The molecule has 3 heterocycles. The van der Waals surface area contributed by atoms with Crippen LogP contribution in [0.25, 0.3) is 16.4 Å². The molecule has 0 aliphatic heterocycles. The Hall–Kier alpha value is -3.01. The van der Waals surface area contributed by atoms with Crippen molar-refractivity contribution in [3.8, 4) is 16.4 Å². The second-order valence-electron chi connectivity index (χ2n) is 6.32. The number of benzene rings is 2. The molecule has 0 aliphatic rings. The van der Waals surface area contributed by atoms with Gasteiger partial charge in [0.25, 0.3) is 0 Å². The molecule has 0 unspecified atom stereocenters. The van der Waals surface area contributed by atoms with Crippen LogP contribution in [-0.2, 0) is 21.1 Å². The molecule has 0 bridgehead atoms. The average molecular weight is 588 g/mol. The van der Waals surface area contributed by atoms with Crippen molar-refractivity contribution in [2.24, 2.45) is 0 Å². The Bertz CT molecular complexity index is 1130. The Balaban J connectivity index is 0.00000218. The molecule has 3 aromatic heterocycles. The molecular formula is C24H16N4PtS. The third-order valence-corrected chi connectivity index (χ3v) is 5.23. The van der Waals surface area contributed by atoms with Crippen LogP contribution in [0, 0.1) is 12.3 Å². The van der Waals surface area contributed by atoms with Crippen molar-refractivity contribution in [1.82, 2.24) is 14.5 Å². The molecule has 5 aromatic rings. The summed E-state index contributed by atoms with van der Waals surface area (Å²) in [5, 5.41) is 2.86. The fourth-order valence-corrected chi connectivity index (χ4v) is 3.76. The zero-order chi connectivity index (χ0) is 19.5. The zero-order valence-electron chi connectivity index (χ0n) is 15.8. The summed E-state index contributed by atoms with van der Waals surface area (Å²) in [6.07, 6.45) is 6.93. The van der Waals surface area contributed by atoms with Crippen molar-refractivity contribution in [3.05, 3.63) is 109 Å². The predicted octanol–water partition coefficient (Wildman–Crippen LogP) is 6.06. The minimum atomic E-state index is 0. The van der Waals surface area contributed by atoms with E-state index in [1.807, 2.05) is 82.9 Å². The van der Waals surface area contributed by atoms with Crippen LogP contribution in [0.1, 0.15) is 0 Å². The van der Waals surface area contributed by atoms with Gasteiger partial charge in [-0.2, -0.15) is 30.0 Å². The topological polar surface area (TPSA) is 34.0 Å². The van der Waals surface area contributed by atoms with Gasteiger partial charge in [-0.3, -0.25) is 0 Å². The molecule has 0 atom stereocenters. The summed E-state index contributed by atoms with van der Waals surface area (Å²) in [4.78, 5) is 11.4. The molecule has 0 amide bonds. The summed E-state index contributed by atoms with van der Waals surface area (Å²) in [7, 11) is 0. The van der Waals surface area contributed by atoms with Crippen molar-refractivity contribution >= 4 is 28.5 Å². The van der Waals surface area contributed by atoms with E-state index >= 15 is 0 Å². The molecule has 4 nitrogen and oxygen atoms in total. The monoisotopic (exact) mass is 587 g/mol. The van der Waals surface area contributed by atoms with Crippen LogP contribution in [0.15, 0.2) is 96.6 Å². The molecule has 5 rings (SSSR count). The molecule has 0 fully saturated rings. The third-order valence-electron chi connectivity index (χ3n) is 4.44. The predicted molar refractivity (Wildman–Crippen MR) is 117 cm³/mol. The van der Waals surface area contributed by atoms with Gasteiger partial charge in [0, 0.05) is 17.3 Å². The van der Waals surface area contributed by atoms with Gasteiger partial charge in [-0.05, 0) is 24.3 Å². The van der Waals surface area contributed by atoms with E-state index in [0.29, 0.717) is 0 Å². The first-order valence-corrected chi connectivity index (χ1v) is 10.1. The zero-order valence-corrected chi connectivity index (χ0v) is 18.8. The summed E-state index contributed by atoms with van der Waals surface area (Å²) < 4.78 is 1.92. The number of hydrogen-bond donors (Lipinski definition) is 0. The van der Waals surface area contributed by atoms with E-state index in [1.54, 1.807) is 17.5 Å². The summed E-state index contributed by atoms with van der Waals surface area (Å²) in [6.45, 7) is 0. The maximum absolute atomic E-state index is 4.90. The molecule has 0 N–H and O–H groups in total. The molecule has 6 heteroatoms. The first-order valence-electron chi connectivity index (χ1n) is 9.18. The van der Waals surface area contributed by atoms with Crippen molar-refractivity contribution in [1.29, 1.82) is 0 Å². The van der Waals surface area contributed by atoms with Crippen molar-refractivity contribution in [2.45, 2.75) is 0 Å². The summed E-state index contributed by atoms with van der Waals surface area (Å²) in [6, 6.07) is 29.6. The van der Waals surface area contributed by atoms with Crippen LogP contribution >= 0.6 is 11.3 Å². The molecule has 0 saturated heterocycles. The number of pyridine rings is 1. The summed E-state index contributed by atoms with van der Waals surface area (Å²) in [5.74, 6) is 0.814. The van der Waals surface area contributed by atoms with Crippen molar-refractivity contribution in [2.75, 3.05) is 4.90 Å². The number of para-hydroxylation sites is 1. The van der Waals surface area contributed by atoms with E-state index in [2.05, 4.69) is 34.3 Å². The van der Waals surface area contributed by atoms with Crippen LogP contribution in [0.4, 0.5) is 17.2 Å². The van der Waals surface area contributed by atoms with Gasteiger partial charge >= 0.3 is 21.1 Å². The van der Waals surface area contributed by atoms with Crippen LogP contribution in [-0.4, -0.2) is 14.5 Å².